The Hall–Kier alpha value is -3.59. The molecule has 1 saturated heterocycles. The number of nitrogens with zero attached hydrogens (tertiary/aromatic N) is 4. The fourth-order valence-corrected chi connectivity index (χ4v) is 5.76. The number of aromatic nitrogens is 2. The standard InChI is InChI=1S/C26H27N5O4/c1-34-23-6-4-7-24-25(23)19-13-30(12-17(19)14-35-24)8-3-2-5-22-26(32)18-10-20-16(11-27-15-28-20)9-21(18)29-31(22)33/h4,6-7,9-11,15,17,19,22H,2-3,5,8,12-14H2,1H3/p+1/t17-,19+,22?/m0/s1. The highest BCUT2D eigenvalue weighted by Crippen LogP contribution is 2.46. The lowest BCUT2D eigenvalue weighted by Gasteiger charge is -2.29. The van der Waals surface area contributed by atoms with Gasteiger partial charge in [-0.15, -0.1) is 5.43 Å². The molecule has 35 heavy (non-hydrogen) atoms. The molecule has 2 aromatic carbocycles. The van der Waals surface area contributed by atoms with E-state index in [2.05, 4.69) is 20.3 Å². The van der Waals surface area contributed by atoms with E-state index in [0.29, 0.717) is 39.9 Å². The van der Waals surface area contributed by atoms with Crippen molar-refractivity contribution in [1.82, 2.24) is 14.9 Å². The first kappa shape index (κ1) is 21.9. The maximum Gasteiger partial charge on any atom is 0.296 e. The van der Waals surface area contributed by atoms with E-state index in [9.17, 15) is 9.70 Å². The third-order valence-corrected chi connectivity index (χ3v) is 7.51. The molecule has 6 rings (SSSR count). The quantitative estimate of drug-likeness (QED) is 0.428. The monoisotopic (exact) mass is 474 g/mol. The second-order valence-electron chi connectivity index (χ2n) is 9.60. The summed E-state index contributed by atoms with van der Waals surface area (Å²) in [4.78, 5) is 37.1. The van der Waals surface area contributed by atoms with Crippen molar-refractivity contribution in [1.29, 1.82) is 0 Å². The molecule has 3 aromatic rings. The Kier molecular flexibility index (Phi) is 5.56. The summed E-state index contributed by atoms with van der Waals surface area (Å²) in [6.45, 7) is 3.62. The van der Waals surface area contributed by atoms with Gasteiger partial charge in [0.15, 0.2) is 0 Å². The highest BCUT2D eigenvalue weighted by atomic mass is 16.5. The molecule has 0 aliphatic carbocycles. The molecule has 1 N–H and O–H groups in total. The number of carbonyl (C=O) groups excluding carboxylic acids is 1. The average molecular weight is 475 g/mol. The van der Waals surface area contributed by atoms with Crippen LogP contribution in [0.2, 0.25) is 0 Å². The summed E-state index contributed by atoms with van der Waals surface area (Å²) in [6, 6.07) is 8.78. The van der Waals surface area contributed by atoms with Gasteiger partial charge in [0, 0.05) is 48.5 Å². The van der Waals surface area contributed by atoms with Gasteiger partial charge >= 0.3 is 0 Å². The smallest absolute Gasteiger partial charge is 0.296 e. The van der Waals surface area contributed by atoms with Crippen LogP contribution in [0.5, 0.6) is 11.5 Å². The van der Waals surface area contributed by atoms with Gasteiger partial charge in [0.2, 0.25) is 5.78 Å². The van der Waals surface area contributed by atoms with Gasteiger partial charge < -0.3 is 14.4 Å². The zero-order valence-electron chi connectivity index (χ0n) is 19.6. The summed E-state index contributed by atoms with van der Waals surface area (Å²) in [5, 5.41) is 0.787. The molecular weight excluding hydrogens is 446 g/mol. The zero-order chi connectivity index (χ0) is 23.9. The number of benzene rings is 2. The van der Waals surface area contributed by atoms with Gasteiger partial charge in [0.25, 0.3) is 6.04 Å². The van der Waals surface area contributed by atoms with Crippen molar-refractivity contribution >= 4 is 22.4 Å². The fraction of sp³-hybridized carbons (Fsp3) is 0.423. The number of unbranched alkanes of at least 4 members (excludes halogenated alkanes) is 1. The maximum atomic E-state index is 13.1. The predicted molar refractivity (Wildman–Crippen MR) is 130 cm³/mol. The molecule has 3 aliphatic rings. The maximum absolute atomic E-state index is 13.1. The van der Waals surface area contributed by atoms with Crippen LogP contribution >= 0.6 is 0 Å². The molecule has 1 fully saturated rings. The number of nitrogens with one attached hydrogen (secondary N) is 1. The summed E-state index contributed by atoms with van der Waals surface area (Å²) < 4.78 is 11.6. The van der Waals surface area contributed by atoms with Gasteiger partial charge in [-0.25, -0.2) is 9.97 Å². The van der Waals surface area contributed by atoms with Gasteiger partial charge in [0.1, 0.15) is 28.4 Å². The van der Waals surface area contributed by atoms with Crippen molar-refractivity contribution in [2.75, 3.05) is 38.8 Å². The van der Waals surface area contributed by atoms with Crippen LogP contribution in [0, 0.1) is 10.8 Å². The number of hydrogen-bond acceptors (Lipinski definition) is 7. The summed E-state index contributed by atoms with van der Waals surface area (Å²) in [7, 11) is 1.71. The number of nitroso groups, excluding NO2 is 1. The number of anilines is 1. The second-order valence-corrected chi connectivity index (χ2v) is 9.60. The molecule has 9 nitrogen and oxygen atoms in total. The lowest BCUT2D eigenvalue weighted by molar-refractivity contribution is -0.544. The molecular formula is C26H28N5O4+. The normalized spacial score (nSPS) is 23.3. The number of Topliss-reactive ketones (excluding diaryl/α,β-unsaturated/α-hetero) is 1. The van der Waals surface area contributed by atoms with E-state index in [1.54, 1.807) is 25.4 Å². The molecule has 3 atom stereocenters. The van der Waals surface area contributed by atoms with Crippen molar-refractivity contribution < 1.29 is 19.1 Å². The minimum Gasteiger partial charge on any atom is -0.496 e. The number of carbonyl (C=O) groups is 1. The number of methoxy groups -OCH3 is 1. The van der Waals surface area contributed by atoms with E-state index in [4.69, 9.17) is 9.47 Å². The van der Waals surface area contributed by atoms with Crippen LogP contribution in [0.4, 0.5) is 5.69 Å². The van der Waals surface area contributed by atoms with Gasteiger partial charge in [-0.1, -0.05) is 6.07 Å². The van der Waals surface area contributed by atoms with E-state index < -0.39 is 6.04 Å². The molecule has 0 spiro atoms. The number of likely N-dealkylation sites (tertiary alicyclic amines) is 1. The Morgan fingerprint density at radius 2 is 2.17 bits per heavy atom. The van der Waals surface area contributed by atoms with Crippen molar-refractivity contribution in [3.05, 3.63) is 58.9 Å². The SMILES string of the molecule is COc1cccc2c1[C@@H]1CN(CCCCC3C(=O)c4cc5ncncc5cc4N[N+]3=O)C[C@H]1CO2. The molecule has 4 heterocycles. The third-order valence-electron chi connectivity index (χ3n) is 7.51. The summed E-state index contributed by atoms with van der Waals surface area (Å²) >= 11 is 0. The Morgan fingerprint density at radius 1 is 1.26 bits per heavy atom. The predicted octanol–water partition coefficient (Wildman–Crippen LogP) is 3.59. The Bertz CT molecular complexity index is 1300. The van der Waals surface area contributed by atoms with Crippen molar-refractivity contribution in [3.63, 3.8) is 0 Å². The number of hydrogen-bond donors (Lipinski definition) is 1. The highest BCUT2D eigenvalue weighted by molar-refractivity contribution is 6.07. The summed E-state index contributed by atoms with van der Waals surface area (Å²) in [5.74, 6) is 2.55. The number of fused-ring (bicyclic) bond motifs is 5. The molecule has 0 radical (unpaired) electrons. The largest absolute Gasteiger partial charge is 0.496 e. The first-order valence-corrected chi connectivity index (χ1v) is 12.2. The van der Waals surface area contributed by atoms with Crippen molar-refractivity contribution in [2.45, 2.75) is 31.2 Å². The van der Waals surface area contributed by atoms with Crippen LogP contribution in [-0.4, -0.2) is 64.9 Å². The van der Waals surface area contributed by atoms with E-state index in [-0.39, 0.29) is 5.78 Å². The van der Waals surface area contributed by atoms with Crippen molar-refractivity contribution in [3.8, 4) is 11.5 Å². The molecule has 1 unspecified atom stereocenters. The fourth-order valence-electron chi connectivity index (χ4n) is 5.76. The number of ketones is 1. The minimum atomic E-state index is -0.729. The van der Waals surface area contributed by atoms with Crippen LogP contribution < -0.4 is 14.9 Å². The zero-order valence-corrected chi connectivity index (χ0v) is 19.6. The molecule has 0 amide bonds. The number of ether oxygens (including phenoxy) is 2. The van der Waals surface area contributed by atoms with Gasteiger partial charge in [0.05, 0.1) is 29.7 Å². The molecule has 180 valence electrons. The van der Waals surface area contributed by atoms with Crippen LogP contribution in [0.25, 0.3) is 10.9 Å². The van der Waals surface area contributed by atoms with Crippen LogP contribution in [0.15, 0.2) is 42.9 Å². The molecule has 3 aliphatic heterocycles. The van der Waals surface area contributed by atoms with Crippen LogP contribution in [0.1, 0.15) is 41.1 Å². The summed E-state index contributed by atoms with van der Waals surface area (Å²) in [5.41, 5.74) is 5.75. The Labute approximate surface area is 203 Å². The van der Waals surface area contributed by atoms with E-state index in [1.165, 1.54) is 11.9 Å². The lowest BCUT2D eigenvalue weighted by atomic mass is 9.86. The third kappa shape index (κ3) is 3.89. The molecule has 9 heteroatoms. The Balaban J connectivity index is 1.07. The van der Waals surface area contributed by atoms with E-state index >= 15 is 0 Å². The topological polar surface area (TPSA) is 96.7 Å². The first-order valence-electron chi connectivity index (χ1n) is 12.2. The van der Waals surface area contributed by atoms with Gasteiger partial charge in [-0.3, -0.25) is 4.79 Å². The van der Waals surface area contributed by atoms with Crippen LogP contribution in [-0.2, 0) is 0 Å². The number of hydrazine groups is 1. The second kappa shape index (κ2) is 8.88. The van der Waals surface area contributed by atoms with Crippen LogP contribution in [0.3, 0.4) is 0 Å². The number of rotatable bonds is 6. The average Bonchev–Trinajstić information content (AvgIpc) is 3.30. The van der Waals surface area contributed by atoms with Gasteiger partial charge in [-0.2, -0.15) is 0 Å². The van der Waals surface area contributed by atoms with E-state index in [0.717, 1.165) is 56.0 Å². The Morgan fingerprint density at radius 3 is 3.06 bits per heavy atom. The van der Waals surface area contributed by atoms with Crippen molar-refractivity contribution in [2.24, 2.45) is 5.92 Å². The van der Waals surface area contributed by atoms with E-state index in [1.807, 2.05) is 18.2 Å². The first-order chi connectivity index (χ1) is 17.1. The molecule has 0 saturated carbocycles. The highest BCUT2D eigenvalue weighted by Gasteiger charge is 2.42. The minimum absolute atomic E-state index is 0.151. The lowest BCUT2D eigenvalue weighted by Crippen LogP contribution is -2.41. The summed E-state index contributed by atoms with van der Waals surface area (Å²) in [6.07, 6.45) is 5.36. The molecule has 0 bridgehead atoms. The molecule has 1 aromatic heterocycles. The van der Waals surface area contributed by atoms with Gasteiger partial charge in [-0.05, 0) is 43.7 Å².